The molecule has 4 heterocycles. The number of aromatic nitrogens is 1. The monoisotopic (exact) mass is 337 g/mol. The Kier molecular flexibility index (Phi) is 4.40. The number of methoxy groups -OCH3 is 1. The normalized spacial score (nSPS) is 24.8. The van der Waals surface area contributed by atoms with Gasteiger partial charge in [0.2, 0.25) is 0 Å². The molecular weight excluding hydrogens is 314 g/mol. The molecule has 5 heteroatoms. The largest absolute Gasteiger partial charge is 0.495 e. The van der Waals surface area contributed by atoms with Crippen LogP contribution in [0, 0.1) is 5.92 Å². The van der Waals surface area contributed by atoms with Gasteiger partial charge in [-0.1, -0.05) is 12.1 Å². The van der Waals surface area contributed by atoms with E-state index in [1.807, 2.05) is 30.3 Å². The van der Waals surface area contributed by atoms with Crippen molar-refractivity contribution in [1.29, 1.82) is 0 Å². The maximum atomic E-state index is 12.6. The molecule has 25 heavy (non-hydrogen) atoms. The maximum Gasteiger partial charge on any atom is 0.251 e. The van der Waals surface area contributed by atoms with Crippen LogP contribution in [0.3, 0.4) is 0 Å². The second-order valence-corrected chi connectivity index (χ2v) is 6.91. The number of benzene rings is 1. The molecule has 130 valence electrons. The second kappa shape index (κ2) is 6.84. The van der Waals surface area contributed by atoms with E-state index < -0.39 is 0 Å². The van der Waals surface area contributed by atoms with Crippen molar-refractivity contribution in [2.24, 2.45) is 5.92 Å². The molecule has 3 aliphatic heterocycles. The lowest BCUT2D eigenvalue weighted by Crippen LogP contribution is -2.57. The molecule has 1 N–H and O–H groups in total. The standard InChI is InChI=1S/C20H23N3O2/c1-25-18-10-17(11-21-12-18)14-2-4-16(5-3-14)20(24)22-19-13-23-8-6-15(19)7-9-23/h2-5,10-12,15,19H,6-9,13H2,1H3,(H,22,24). The number of fused-ring (bicyclic) bond motifs is 3. The lowest BCUT2D eigenvalue weighted by atomic mass is 9.84. The van der Waals surface area contributed by atoms with Gasteiger partial charge in [0.25, 0.3) is 5.91 Å². The van der Waals surface area contributed by atoms with Gasteiger partial charge in [-0.2, -0.15) is 0 Å². The van der Waals surface area contributed by atoms with Gasteiger partial charge in [-0.05, 0) is 55.6 Å². The van der Waals surface area contributed by atoms with Gasteiger partial charge in [-0.3, -0.25) is 9.78 Å². The third-order valence-corrected chi connectivity index (χ3v) is 5.40. The number of pyridine rings is 1. The van der Waals surface area contributed by atoms with Crippen molar-refractivity contribution in [2.75, 3.05) is 26.7 Å². The van der Waals surface area contributed by atoms with Crippen molar-refractivity contribution in [3.05, 3.63) is 48.3 Å². The average Bonchev–Trinajstić information content (AvgIpc) is 2.69. The molecule has 0 spiro atoms. The molecule has 3 saturated heterocycles. The quantitative estimate of drug-likeness (QED) is 0.932. The minimum atomic E-state index is 0.0223. The van der Waals surface area contributed by atoms with Crippen molar-refractivity contribution < 1.29 is 9.53 Å². The molecule has 0 saturated carbocycles. The number of hydrogen-bond acceptors (Lipinski definition) is 4. The van der Waals surface area contributed by atoms with E-state index in [9.17, 15) is 4.79 Å². The zero-order chi connectivity index (χ0) is 17.2. The fraction of sp³-hybridized carbons (Fsp3) is 0.400. The summed E-state index contributed by atoms with van der Waals surface area (Å²) in [5.74, 6) is 1.38. The molecule has 1 aromatic carbocycles. The van der Waals surface area contributed by atoms with Crippen molar-refractivity contribution in [1.82, 2.24) is 15.2 Å². The molecule has 3 aliphatic rings. The van der Waals surface area contributed by atoms with Crippen LogP contribution < -0.4 is 10.1 Å². The van der Waals surface area contributed by atoms with Crippen molar-refractivity contribution in [2.45, 2.75) is 18.9 Å². The first-order valence-electron chi connectivity index (χ1n) is 8.85. The van der Waals surface area contributed by atoms with Crippen LogP contribution in [0.2, 0.25) is 0 Å². The summed E-state index contributed by atoms with van der Waals surface area (Å²) >= 11 is 0. The van der Waals surface area contributed by atoms with E-state index >= 15 is 0 Å². The van der Waals surface area contributed by atoms with Crippen LogP contribution >= 0.6 is 0 Å². The molecule has 1 aromatic heterocycles. The van der Waals surface area contributed by atoms with Crippen LogP contribution in [-0.4, -0.2) is 48.6 Å². The van der Waals surface area contributed by atoms with Gasteiger partial charge < -0.3 is 15.0 Å². The molecule has 2 bridgehead atoms. The van der Waals surface area contributed by atoms with Gasteiger partial charge in [-0.15, -0.1) is 0 Å². The Morgan fingerprint density at radius 2 is 1.92 bits per heavy atom. The van der Waals surface area contributed by atoms with Gasteiger partial charge in [0.15, 0.2) is 0 Å². The molecule has 0 radical (unpaired) electrons. The number of nitrogens with one attached hydrogen (secondary N) is 1. The SMILES string of the molecule is COc1cncc(-c2ccc(C(=O)NC3CN4CCC3CC4)cc2)c1. The Balaban J connectivity index is 1.45. The minimum Gasteiger partial charge on any atom is -0.495 e. The smallest absolute Gasteiger partial charge is 0.251 e. The Morgan fingerprint density at radius 3 is 2.56 bits per heavy atom. The number of amides is 1. The van der Waals surface area contributed by atoms with Crippen LogP contribution in [0.1, 0.15) is 23.2 Å². The molecular formula is C20H23N3O2. The van der Waals surface area contributed by atoms with Crippen LogP contribution in [-0.2, 0) is 0 Å². The number of nitrogens with zero attached hydrogens (tertiary/aromatic N) is 2. The highest BCUT2D eigenvalue weighted by molar-refractivity contribution is 5.95. The highest BCUT2D eigenvalue weighted by atomic mass is 16.5. The van der Waals surface area contributed by atoms with Crippen LogP contribution in [0.15, 0.2) is 42.7 Å². The summed E-state index contributed by atoms with van der Waals surface area (Å²) in [6, 6.07) is 9.91. The van der Waals surface area contributed by atoms with Gasteiger partial charge in [0.05, 0.1) is 13.3 Å². The molecule has 0 aliphatic carbocycles. The van der Waals surface area contributed by atoms with Gasteiger partial charge in [-0.25, -0.2) is 0 Å². The Morgan fingerprint density at radius 1 is 1.16 bits per heavy atom. The van der Waals surface area contributed by atoms with Crippen LogP contribution in [0.4, 0.5) is 0 Å². The number of piperidine rings is 3. The van der Waals surface area contributed by atoms with Crippen molar-refractivity contribution in [3.63, 3.8) is 0 Å². The third kappa shape index (κ3) is 3.37. The van der Waals surface area contributed by atoms with Gasteiger partial charge >= 0.3 is 0 Å². The van der Waals surface area contributed by atoms with Crippen molar-refractivity contribution in [3.8, 4) is 16.9 Å². The van der Waals surface area contributed by atoms with Gasteiger partial charge in [0, 0.05) is 29.9 Å². The van der Waals surface area contributed by atoms with E-state index in [0.29, 0.717) is 11.5 Å². The molecule has 1 amide bonds. The Bertz CT molecular complexity index is 752. The topological polar surface area (TPSA) is 54.5 Å². The first-order chi connectivity index (χ1) is 12.2. The summed E-state index contributed by atoms with van der Waals surface area (Å²) in [6.45, 7) is 3.35. The van der Waals surface area contributed by atoms with Gasteiger partial charge in [0.1, 0.15) is 5.75 Å². The summed E-state index contributed by atoms with van der Waals surface area (Å²) < 4.78 is 5.22. The summed E-state index contributed by atoms with van der Waals surface area (Å²) in [5.41, 5.74) is 2.70. The first-order valence-corrected chi connectivity index (χ1v) is 8.85. The molecule has 1 atom stereocenters. The second-order valence-electron chi connectivity index (χ2n) is 6.91. The molecule has 5 rings (SSSR count). The molecule has 1 unspecified atom stereocenters. The van der Waals surface area contributed by atoms with E-state index in [2.05, 4.69) is 15.2 Å². The Labute approximate surface area is 148 Å². The lowest BCUT2D eigenvalue weighted by molar-refractivity contribution is 0.0620. The highest BCUT2D eigenvalue weighted by Gasteiger charge is 2.34. The zero-order valence-corrected chi connectivity index (χ0v) is 14.4. The fourth-order valence-electron chi connectivity index (χ4n) is 3.88. The summed E-state index contributed by atoms with van der Waals surface area (Å²) in [5, 5.41) is 3.23. The first kappa shape index (κ1) is 16.1. The molecule has 5 nitrogen and oxygen atoms in total. The highest BCUT2D eigenvalue weighted by Crippen LogP contribution is 2.28. The number of carbonyl (C=O) groups is 1. The lowest BCUT2D eigenvalue weighted by Gasteiger charge is -2.44. The maximum absolute atomic E-state index is 12.6. The fourth-order valence-corrected chi connectivity index (χ4v) is 3.88. The molecule has 2 aromatic rings. The zero-order valence-electron chi connectivity index (χ0n) is 14.4. The van der Waals surface area contributed by atoms with E-state index in [4.69, 9.17) is 4.74 Å². The number of hydrogen-bond donors (Lipinski definition) is 1. The summed E-state index contributed by atoms with van der Waals surface area (Å²) in [7, 11) is 1.63. The van der Waals surface area contributed by atoms with Crippen molar-refractivity contribution >= 4 is 5.91 Å². The van der Waals surface area contributed by atoms with E-state index in [1.165, 1.54) is 25.9 Å². The number of rotatable bonds is 4. The Hall–Kier alpha value is -2.40. The van der Waals surface area contributed by atoms with E-state index in [0.717, 1.165) is 23.4 Å². The van der Waals surface area contributed by atoms with Crippen LogP contribution in [0.25, 0.3) is 11.1 Å². The predicted molar refractivity (Wildman–Crippen MR) is 96.6 cm³/mol. The molecule has 3 fully saturated rings. The number of ether oxygens (including phenoxy) is 1. The van der Waals surface area contributed by atoms with E-state index in [-0.39, 0.29) is 11.9 Å². The summed E-state index contributed by atoms with van der Waals surface area (Å²) in [6.07, 6.45) is 5.88. The average molecular weight is 337 g/mol. The van der Waals surface area contributed by atoms with Crippen LogP contribution in [0.5, 0.6) is 5.75 Å². The number of carbonyl (C=O) groups excluding carboxylic acids is 1. The minimum absolute atomic E-state index is 0.0223. The summed E-state index contributed by atoms with van der Waals surface area (Å²) in [4.78, 5) is 19.2. The van der Waals surface area contributed by atoms with E-state index in [1.54, 1.807) is 19.5 Å². The third-order valence-electron chi connectivity index (χ3n) is 5.40. The predicted octanol–water partition coefficient (Wildman–Crippen LogP) is 2.58.